The van der Waals surface area contributed by atoms with Gasteiger partial charge >= 0.3 is 0 Å². The molecule has 2 heterocycles. The number of amides is 2. The highest BCUT2D eigenvalue weighted by molar-refractivity contribution is 6.12. The lowest BCUT2D eigenvalue weighted by Crippen LogP contribution is -2.31. The molecule has 0 aromatic carbocycles. The van der Waals surface area contributed by atoms with Gasteiger partial charge in [-0.25, -0.2) is 4.98 Å². The van der Waals surface area contributed by atoms with Crippen molar-refractivity contribution in [3.8, 4) is 5.75 Å². The molecule has 1 aliphatic heterocycles. The summed E-state index contributed by atoms with van der Waals surface area (Å²) in [4.78, 5) is 27.0. The minimum absolute atomic E-state index is 0.0645. The summed E-state index contributed by atoms with van der Waals surface area (Å²) in [6, 6.07) is 3.03. The third kappa shape index (κ3) is 2.71. The van der Waals surface area contributed by atoms with Crippen molar-refractivity contribution in [2.45, 2.75) is 6.42 Å². The van der Waals surface area contributed by atoms with Gasteiger partial charge in [0.25, 0.3) is 17.8 Å². The van der Waals surface area contributed by atoms with E-state index in [2.05, 4.69) is 4.98 Å². The number of carbonyl (C=O) groups is 2. The zero-order chi connectivity index (χ0) is 13.0. The van der Waals surface area contributed by atoms with Crippen LogP contribution < -0.4 is 4.74 Å². The molecule has 6 heteroatoms. The van der Waals surface area contributed by atoms with Gasteiger partial charge in [0, 0.05) is 24.9 Å². The lowest BCUT2D eigenvalue weighted by Gasteiger charge is -2.13. The van der Waals surface area contributed by atoms with Crippen molar-refractivity contribution in [3.63, 3.8) is 0 Å². The van der Waals surface area contributed by atoms with Gasteiger partial charge in [0.15, 0.2) is 5.75 Å². The second-order valence-electron chi connectivity index (χ2n) is 3.66. The molecule has 0 bridgehead atoms. The average Bonchev–Trinajstić information content (AvgIpc) is 2.67. The van der Waals surface area contributed by atoms with E-state index in [0.717, 1.165) is 4.90 Å². The largest absolute Gasteiger partial charge is 0.489 e. The lowest BCUT2D eigenvalue weighted by atomic mass is 10.4. The fourth-order valence-electron chi connectivity index (χ4n) is 1.54. The fourth-order valence-corrected chi connectivity index (χ4v) is 1.54. The zero-order valence-corrected chi connectivity index (χ0v) is 9.51. The Morgan fingerprint density at radius 3 is 2.67 bits per heavy atom. The SMILES string of the molecule is O=C1C=CC(=O)N1CCCOc1cccnc1F. The Morgan fingerprint density at radius 2 is 2.00 bits per heavy atom. The van der Waals surface area contributed by atoms with E-state index in [1.54, 1.807) is 6.07 Å². The van der Waals surface area contributed by atoms with E-state index in [4.69, 9.17) is 4.74 Å². The molecule has 0 saturated heterocycles. The number of aromatic nitrogens is 1. The number of hydrogen-bond acceptors (Lipinski definition) is 4. The smallest absolute Gasteiger partial charge is 0.255 e. The second kappa shape index (κ2) is 5.39. The van der Waals surface area contributed by atoms with Crippen molar-refractivity contribution < 1.29 is 18.7 Å². The van der Waals surface area contributed by atoms with Gasteiger partial charge in [-0.15, -0.1) is 0 Å². The maximum absolute atomic E-state index is 13.1. The molecule has 94 valence electrons. The Bertz CT molecular complexity index is 484. The predicted molar refractivity (Wildman–Crippen MR) is 60.2 cm³/mol. The summed E-state index contributed by atoms with van der Waals surface area (Å²) in [7, 11) is 0. The molecular formula is C12H11FN2O3. The van der Waals surface area contributed by atoms with Crippen LogP contribution in [0.2, 0.25) is 0 Å². The van der Waals surface area contributed by atoms with E-state index in [-0.39, 0.29) is 30.7 Å². The summed E-state index contributed by atoms with van der Waals surface area (Å²) in [6.45, 7) is 0.465. The summed E-state index contributed by atoms with van der Waals surface area (Å²) in [6.07, 6.45) is 4.22. The van der Waals surface area contributed by atoms with Gasteiger partial charge in [-0.05, 0) is 18.6 Å². The molecule has 5 nitrogen and oxygen atoms in total. The highest BCUT2D eigenvalue weighted by Gasteiger charge is 2.22. The minimum atomic E-state index is -0.674. The third-order valence-electron chi connectivity index (χ3n) is 2.41. The van der Waals surface area contributed by atoms with Crippen LogP contribution in [0, 0.1) is 5.95 Å². The highest BCUT2D eigenvalue weighted by atomic mass is 19.1. The maximum Gasteiger partial charge on any atom is 0.255 e. The van der Waals surface area contributed by atoms with Gasteiger partial charge in [-0.1, -0.05) is 0 Å². The Labute approximate surface area is 103 Å². The first-order valence-corrected chi connectivity index (χ1v) is 5.45. The van der Waals surface area contributed by atoms with Crippen LogP contribution in [0.25, 0.3) is 0 Å². The zero-order valence-electron chi connectivity index (χ0n) is 9.51. The Kier molecular flexibility index (Phi) is 3.66. The Hall–Kier alpha value is -2.24. The number of rotatable bonds is 5. The van der Waals surface area contributed by atoms with Gasteiger partial charge in [0.1, 0.15) is 0 Å². The molecule has 18 heavy (non-hydrogen) atoms. The standard InChI is InChI=1S/C12H11FN2O3/c13-12-9(3-1-6-14-12)18-8-2-7-15-10(16)4-5-11(15)17/h1,3-6H,2,7-8H2. The molecular weight excluding hydrogens is 239 g/mol. The van der Waals surface area contributed by atoms with E-state index >= 15 is 0 Å². The van der Waals surface area contributed by atoms with Crippen LogP contribution in [-0.2, 0) is 9.59 Å². The molecule has 0 spiro atoms. The monoisotopic (exact) mass is 250 g/mol. The molecule has 1 aliphatic rings. The van der Waals surface area contributed by atoms with E-state index in [1.807, 2.05) is 0 Å². The molecule has 1 aromatic heterocycles. The number of pyridine rings is 1. The van der Waals surface area contributed by atoms with Crippen molar-refractivity contribution in [3.05, 3.63) is 36.4 Å². The summed E-state index contributed by atoms with van der Waals surface area (Å²) in [5.41, 5.74) is 0. The third-order valence-corrected chi connectivity index (χ3v) is 2.41. The van der Waals surface area contributed by atoms with Crippen LogP contribution in [0.1, 0.15) is 6.42 Å². The Balaban J connectivity index is 1.75. The second-order valence-corrected chi connectivity index (χ2v) is 3.66. The van der Waals surface area contributed by atoms with Crippen molar-refractivity contribution in [2.75, 3.05) is 13.2 Å². The molecule has 0 atom stereocenters. The fraction of sp³-hybridized carbons (Fsp3) is 0.250. The number of halogens is 1. The number of ether oxygens (including phenoxy) is 1. The van der Waals surface area contributed by atoms with Crippen LogP contribution in [0.4, 0.5) is 4.39 Å². The van der Waals surface area contributed by atoms with Gasteiger partial charge in [-0.3, -0.25) is 14.5 Å². The predicted octanol–water partition coefficient (Wildman–Crippen LogP) is 0.915. The van der Waals surface area contributed by atoms with E-state index in [0.29, 0.717) is 6.42 Å². The van der Waals surface area contributed by atoms with Crippen molar-refractivity contribution in [1.29, 1.82) is 0 Å². The van der Waals surface area contributed by atoms with E-state index in [1.165, 1.54) is 24.4 Å². The molecule has 1 aromatic rings. The molecule has 0 fully saturated rings. The van der Waals surface area contributed by atoms with Gasteiger partial charge < -0.3 is 4.74 Å². The molecule has 2 rings (SSSR count). The lowest BCUT2D eigenvalue weighted by molar-refractivity contribution is -0.136. The molecule has 2 amide bonds. The van der Waals surface area contributed by atoms with Crippen molar-refractivity contribution >= 4 is 11.8 Å². The maximum atomic E-state index is 13.1. The average molecular weight is 250 g/mol. The first kappa shape index (κ1) is 12.2. The Morgan fingerprint density at radius 1 is 1.28 bits per heavy atom. The van der Waals surface area contributed by atoms with Gasteiger partial charge in [0.2, 0.25) is 0 Å². The van der Waals surface area contributed by atoms with Crippen molar-refractivity contribution in [2.24, 2.45) is 0 Å². The van der Waals surface area contributed by atoms with Crippen LogP contribution >= 0.6 is 0 Å². The van der Waals surface area contributed by atoms with Crippen LogP contribution in [0.3, 0.4) is 0 Å². The number of nitrogens with zero attached hydrogens (tertiary/aromatic N) is 2. The summed E-state index contributed by atoms with van der Waals surface area (Å²) in [5.74, 6) is -1.26. The summed E-state index contributed by atoms with van der Waals surface area (Å²) < 4.78 is 18.2. The molecule has 0 radical (unpaired) electrons. The number of carbonyl (C=O) groups excluding carboxylic acids is 2. The van der Waals surface area contributed by atoms with Crippen molar-refractivity contribution in [1.82, 2.24) is 9.88 Å². The van der Waals surface area contributed by atoms with Crippen LogP contribution in [-0.4, -0.2) is 34.8 Å². The van der Waals surface area contributed by atoms with Crippen LogP contribution in [0.5, 0.6) is 5.75 Å². The normalized spacial score (nSPS) is 14.4. The number of hydrogen-bond donors (Lipinski definition) is 0. The van der Waals surface area contributed by atoms with Gasteiger partial charge in [-0.2, -0.15) is 4.39 Å². The minimum Gasteiger partial charge on any atom is -0.489 e. The quantitative estimate of drug-likeness (QED) is 0.443. The summed E-state index contributed by atoms with van der Waals surface area (Å²) >= 11 is 0. The topological polar surface area (TPSA) is 59.5 Å². The highest BCUT2D eigenvalue weighted by Crippen LogP contribution is 2.13. The first-order chi connectivity index (χ1) is 8.68. The summed E-state index contributed by atoms with van der Waals surface area (Å²) in [5, 5.41) is 0. The first-order valence-electron chi connectivity index (χ1n) is 5.45. The van der Waals surface area contributed by atoms with E-state index < -0.39 is 5.95 Å². The van der Waals surface area contributed by atoms with E-state index in [9.17, 15) is 14.0 Å². The molecule has 0 unspecified atom stereocenters. The molecule has 0 N–H and O–H groups in total. The number of imide groups is 1. The van der Waals surface area contributed by atoms with Gasteiger partial charge in [0.05, 0.1) is 6.61 Å². The molecule has 0 saturated carbocycles. The molecule has 0 aliphatic carbocycles. The van der Waals surface area contributed by atoms with Crippen LogP contribution in [0.15, 0.2) is 30.5 Å².